The molecule has 1 aromatic heterocycles. The third-order valence-corrected chi connectivity index (χ3v) is 3.78. The van der Waals surface area contributed by atoms with Gasteiger partial charge in [0.15, 0.2) is 5.58 Å². The molecule has 1 aliphatic rings. The lowest BCUT2D eigenvalue weighted by atomic mass is 9.94. The SMILES string of the molecule is OC1CCc2oc3c(Cl)cc(Br)cc3c2C1. The van der Waals surface area contributed by atoms with Crippen molar-refractivity contribution < 1.29 is 9.52 Å². The van der Waals surface area contributed by atoms with Crippen molar-refractivity contribution in [3.8, 4) is 0 Å². The van der Waals surface area contributed by atoms with Crippen LogP contribution in [0.25, 0.3) is 11.0 Å². The van der Waals surface area contributed by atoms with Crippen molar-refractivity contribution in [2.45, 2.75) is 25.4 Å². The topological polar surface area (TPSA) is 33.4 Å². The Morgan fingerprint density at radius 3 is 3.06 bits per heavy atom. The van der Waals surface area contributed by atoms with Gasteiger partial charge in [-0.25, -0.2) is 0 Å². The molecule has 1 aromatic carbocycles. The average Bonchev–Trinajstić information content (AvgIpc) is 2.57. The number of halogens is 2. The molecule has 1 N–H and O–H groups in total. The molecule has 16 heavy (non-hydrogen) atoms. The lowest BCUT2D eigenvalue weighted by Crippen LogP contribution is -2.17. The highest BCUT2D eigenvalue weighted by atomic mass is 79.9. The summed E-state index contributed by atoms with van der Waals surface area (Å²) in [6.45, 7) is 0. The first-order valence-electron chi connectivity index (χ1n) is 5.22. The van der Waals surface area contributed by atoms with Gasteiger partial charge in [0.1, 0.15) is 5.76 Å². The molecule has 3 rings (SSSR count). The summed E-state index contributed by atoms with van der Waals surface area (Å²) in [4.78, 5) is 0. The average molecular weight is 302 g/mol. The van der Waals surface area contributed by atoms with Crippen LogP contribution in [-0.4, -0.2) is 11.2 Å². The third-order valence-electron chi connectivity index (χ3n) is 3.04. The van der Waals surface area contributed by atoms with Gasteiger partial charge in [-0.2, -0.15) is 0 Å². The predicted octanol–water partition coefficient (Wildman–Crippen LogP) is 3.70. The van der Waals surface area contributed by atoms with Gasteiger partial charge in [-0.05, 0) is 18.6 Å². The van der Waals surface area contributed by atoms with Gasteiger partial charge in [-0.1, -0.05) is 27.5 Å². The van der Waals surface area contributed by atoms with E-state index in [1.165, 1.54) is 0 Å². The van der Waals surface area contributed by atoms with Crippen molar-refractivity contribution in [1.29, 1.82) is 0 Å². The Kier molecular flexibility index (Phi) is 2.50. The molecule has 0 spiro atoms. The molecule has 84 valence electrons. The van der Waals surface area contributed by atoms with Crippen LogP contribution in [0.2, 0.25) is 5.02 Å². The number of aryl methyl sites for hydroxylation is 1. The van der Waals surface area contributed by atoms with Crippen LogP contribution < -0.4 is 0 Å². The molecule has 0 bridgehead atoms. The summed E-state index contributed by atoms with van der Waals surface area (Å²) >= 11 is 9.55. The van der Waals surface area contributed by atoms with Crippen LogP contribution in [-0.2, 0) is 12.8 Å². The van der Waals surface area contributed by atoms with Crippen LogP contribution in [0.5, 0.6) is 0 Å². The largest absolute Gasteiger partial charge is 0.459 e. The van der Waals surface area contributed by atoms with E-state index in [-0.39, 0.29) is 6.10 Å². The van der Waals surface area contributed by atoms with Crippen LogP contribution in [0.1, 0.15) is 17.7 Å². The van der Waals surface area contributed by atoms with Crippen molar-refractivity contribution >= 4 is 38.5 Å². The number of hydrogen-bond acceptors (Lipinski definition) is 2. The van der Waals surface area contributed by atoms with E-state index in [0.717, 1.165) is 39.6 Å². The zero-order valence-electron chi connectivity index (χ0n) is 8.46. The summed E-state index contributed by atoms with van der Waals surface area (Å²) in [5.41, 5.74) is 1.85. The van der Waals surface area contributed by atoms with E-state index in [1.54, 1.807) is 0 Å². The Bertz CT molecular complexity index is 562. The summed E-state index contributed by atoms with van der Waals surface area (Å²) in [5.74, 6) is 0.973. The van der Waals surface area contributed by atoms with Crippen LogP contribution in [0.3, 0.4) is 0 Å². The zero-order valence-corrected chi connectivity index (χ0v) is 10.8. The summed E-state index contributed by atoms with van der Waals surface area (Å²) < 4.78 is 6.70. The van der Waals surface area contributed by atoms with Crippen molar-refractivity contribution in [1.82, 2.24) is 0 Å². The van der Waals surface area contributed by atoms with Crippen LogP contribution in [0, 0.1) is 0 Å². The standard InChI is InChI=1S/C12H10BrClO2/c13-6-3-9-8-5-7(15)1-2-11(8)16-12(9)10(14)4-6/h3-4,7,15H,1-2,5H2. The zero-order chi connectivity index (χ0) is 11.3. The summed E-state index contributed by atoms with van der Waals surface area (Å²) in [6, 6.07) is 3.83. The Morgan fingerprint density at radius 1 is 1.44 bits per heavy atom. The monoisotopic (exact) mass is 300 g/mol. The van der Waals surface area contributed by atoms with E-state index in [4.69, 9.17) is 16.0 Å². The second kappa shape index (κ2) is 3.76. The van der Waals surface area contributed by atoms with Gasteiger partial charge in [0.25, 0.3) is 0 Å². The number of rotatable bonds is 0. The Morgan fingerprint density at radius 2 is 2.25 bits per heavy atom. The molecule has 0 aliphatic heterocycles. The van der Waals surface area contributed by atoms with Gasteiger partial charge < -0.3 is 9.52 Å². The van der Waals surface area contributed by atoms with E-state index < -0.39 is 0 Å². The first kappa shape index (κ1) is 10.6. The third kappa shape index (κ3) is 1.58. The smallest absolute Gasteiger partial charge is 0.153 e. The highest BCUT2D eigenvalue weighted by Crippen LogP contribution is 2.37. The minimum Gasteiger partial charge on any atom is -0.459 e. The first-order valence-corrected chi connectivity index (χ1v) is 6.39. The van der Waals surface area contributed by atoms with Gasteiger partial charge in [-0.3, -0.25) is 0 Å². The molecule has 1 unspecified atom stereocenters. The summed E-state index contributed by atoms with van der Waals surface area (Å²) in [7, 11) is 0. The van der Waals surface area contributed by atoms with E-state index in [2.05, 4.69) is 15.9 Å². The molecule has 0 saturated heterocycles. The molecule has 1 aliphatic carbocycles. The minimum atomic E-state index is -0.258. The molecule has 0 radical (unpaired) electrons. The van der Waals surface area contributed by atoms with Crippen LogP contribution in [0.4, 0.5) is 0 Å². The Hall–Kier alpha value is -0.510. The van der Waals surface area contributed by atoms with Crippen molar-refractivity contribution in [3.63, 3.8) is 0 Å². The summed E-state index contributed by atoms with van der Waals surface area (Å²) in [5, 5.41) is 11.3. The molecule has 0 fully saturated rings. The van der Waals surface area contributed by atoms with E-state index in [1.807, 2.05) is 12.1 Å². The molecule has 4 heteroatoms. The number of furan rings is 1. The number of aliphatic hydroxyl groups excluding tert-OH is 1. The molecule has 1 heterocycles. The maximum atomic E-state index is 9.69. The highest BCUT2D eigenvalue weighted by Gasteiger charge is 2.23. The molecular weight excluding hydrogens is 291 g/mol. The maximum Gasteiger partial charge on any atom is 0.153 e. The second-order valence-electron chi connectivity index (χ2n) is 4.16. The minimum absolute atomic E-state index is 0.258. The van der Waals surface area contributed by atoms with Crippen molar-refractivity contribution in [2.75, 3.05) is 0 Å². The molecular formula is C12H10BrClO2. The normalized spacial score (nSPS) is 20.1. The molecule has 2 aromatic rings. The van der Waals surface area contributed by atoms with Gasteiger partial charge in [-0.15, -0.1) is 0 Å². The van der Waals surface area contributed by atoms with Crippen molar-refractivity contribution in [2.24, 2.45) is 0 Å². The van der Waals surface area contributed by atoms with Gasteiger partial charge >= 0.3 is 0 Å². The number of fused-ring (bicyclic) bond motifs is 3. The van der Waals surface area contributed by atoms with Crippen LogP contribution >= 0.6 is 27.5 Å². The summed E-state index contributed by atoms with van der Waals surface area (Å²) in [6.07, 6.45) is 1.96. The number of hydrogen-bond donors (Lipinski definition) is 1. The number of benzene rings is 1. The Balaban J connectivity index is 2.30. The second-order valence-corrected chi connectivity index (χ2v) is 5.49. The fraction of sp³-hybridized carbons (Fsp3) is 0.333. The molecule has 0 saturated carbocycles. The lowest BCUT2D eigenvalue weighted by Gasteiger charge is -2.15. The van der Waals surface area contributed by atoms with E-state index in [9.17, 15) is 5.11 Å². The fourth-order valence-corrected chi connectivity index (χ4v) is 3.13. The van der Waals surface area contributed by atoms with Gasteiger partial charge in [0.2, 0.25) is 0 Å². The van der Waals surface area contributed by atoms with Crippen molar-refractivity contribution in [3.05, 3.63) is 33.0 Å². The molecule has 0 amide bonds. The van der Waals surface area contributed by atoms with Crippen LogP contribution in [0.15, 0.2) is 21.0 Å². The molecule has 1 atom stereocenters. The first-order chi connectivity index (χ1) is 7.65. The van der Waals surface area contributed by atoms with E-state index >= 15 is 0 Å². The lowest BCUT2D eigenvalue weighted by molar-refractivity contribution is 0.155. The maximum absolute atomic E-state index is 9.69. The molecule has 2 nitrogen and oxygen atoms in total. The fourth-order valence-electron chi connectivity index (χ4n) is 2.28. The Labute approximate surface area is 106 Å². The number of aliphatic hydroxyl groups is 1. The highest BCUT2D eigenvalue weighted by molar-refractivity contribution is 9.10. The quantitative estimate of drug-likeness (QED) is 0.805. The van der Waals surface area contributed by atoms with Gasteiger partial charge in [0.05, 0.1) is 11.1 Å². The predicted molar refractivity (Wildman–Crippen MR) is 67.0 cm³/mol. The van der Waals surface area contributed by atoms with E-state index in [0.29, 0.717) is 11.4 Å². The van der Waals surface area contributed by atoms with Gasteiger partial charge in [0, 0.05) is 28.3 Å².